The molecule has 1 fully saturated rings. The predicted molar refractivity (Wildman–Crippen MR) is 57.4 cm³/mol. The van der Waals surface area contributed by atoms with Crippen LogP contribution in [0.15, 0.2) is 0 Å². The Morgan fingerprint density at radius 3 is 2.06 bits per heavy atom. The number of aliphatic hydroxyl groups excluding tert-OH is 2. The van der Waals surface area contributed by atoms with E-state index >= 15 is 0 Å². The van der Waals surface area contributed by atoms with Crippen molar-refractivity contribution in [3.8, 4) is 0 Å². The molecule has 0 unspecified atom stereocenters. The van der Waals surface area contributed by atoms with Crippen molar-refractivity contribution in [2.24, 2.45) is 5.41 Å². The number of likely N-dealkylation sites (tertiary alicyclic amines) is 1. The van der Waals surface area contributed by atoms with E-state index in [1.165, 1.54) is 0 Å². The molecule has 0 spiro atoms. The van der Waals surface area contributed by atoms with Crippen LogP contribution in [0.3, 0.4) is 0 Å². The van der Waals surface area contributed by atoms with Gasteiger partial charge in [-0.25, -0.2) is 0 Å². The summed E-state index contributed by atoms with van der Waals surface area (Å²) in [6, 6.07) is -0.792. The van der Waals surface area contributed by atoms with E-state index in [1.54, 1.807) is 0 Å². The molecule has 2 amide bonds. The van der Waals surface area contributed by atoms with Crippen molar-refractivity contribution in [1.29, 1.82) is 0 Å². The highest BCUT2D eigenvalue weighted by atomic mass is 16.3. The molecule has 0 saturated carbocycles. The first-order valence-corrected chi connectivity index (χ1v) is 5.64. The monoisotopic (exact) mass is 229 g/mol. The van der Waals surface area contributed by atoms with Crippen molar-refractivity contribution in [2.75, 3.05) is 13.2 Å². The summed E-state index contributed by atoms with van der Waals surface area (Å²) in [6.45, 7) is 2.98. The van der Waals surface area contributed by atoms with Crippen molar-refractivity contribution in [3.05, 3.63) is 0 Å². The van der Waals surface area contributed by atoms with Crippen molar-refractivity contribution in [2.45, 2.75) is 39.2 Å². The highest BCUT2D eigenvalue weighted by Crippen LogP contribution is 2.39. The maximum atomic E-state index is 12.1. The van der Waals surface area contributed by atoms with E-state index in [9.17, 15) is 9.59 Å². The zero-order valence-corrected chi connectivity index (χ0v) is 9.77. The molecule has 2 N–H and O–H groups in total. The topological polar surface area (TPSA) is 77.8 Å². The molecule has 0 aromatic heterocycles. The quantitative estimate of drug-likeness (QED) is 0.646. The smallest absolute Gasteiger partial charge is 0.236 e. The molecule has 0 radical (unpaired) electrons. The van der Waals surface area contributed by atoms with Crippen molar-refractivity contribution < 1.29 is 19.8 Å². The second kappa shape index (κ2) is 4.93. The number of hydrogen-bond donors (Lipinski definition) is 2. The number of imide groups is 1. The van der Waals surface area contributed by atoms with Gasteiger partial charge in [0.25, 0.3) is 0 Å². The predicted octanol–water partition coefficient (Wildman–Crippen LogP) is -0.0951. The lowest BCUT2D eigenvalue weighted by molar-refractivity contribution is -0.146. The summed E-state index contributed by atoms with van der Waals surface area (Å²) in [4.78, 5) is 24.9. The first-order valence-electron chi connectivity index (χ1n) is 5.64. The first-order chi connectivity index (χ1) is 7.56. The van der Waals surface area contributed by atoms with Gasteiger partial charge in [0.05, 0.1) is 24.7 Å². The Labute approximate surface area is 95.1 Å². The van der Waals surface area contributed by atoms with Crippen LogP contribution >= 0.6 is 0 Å². The van der Waals surface area contributed by atoms with Gasteiger partial charge in [-0.1, -0.05) is 13.8 Å². The average Bonchev–Trinajstić information content (AvgIpc) is 2.55. The van der Waals surface area contributed by atoms with Crippen LogP contribution in [0.25, 0.3) is 0 Å². The molecule has 16 heavy (non-hydrogen) atoms. The Balaban J connectivity index is 2.98. The molecule has 1 heterocycles. The largest absolute Gasteiger partial charge is 0.394 e. The number of hydrogen-bond acceptors (Lipinski definition) is 4. The fraction of sp³-hybridized carbons (Fsp3) is 0.818. The van der Waals surface area contributed by atoms with Crippen molar-refractivity contribution in [1.82, 2.24) is 4.90 Å². The van der Waals surface area contributed by atoms with Crippen LogP contribution in [0.2, 0.25) is 0 Å². The van der Waals surface area contributed by atoms with E-state index in [4.69, 9.17) is 10.2 Å². The molecule has 1 aliphatic heterocycles. The van der Waals surface area contributed by atoms with Crippen LogP contribution in [-0.2, 0) is 9.59 Å². The van der Waals surface area contributed by atoms with Crippen LogP contribution < -0.4 is 0 Å². The Kier molecular flexibility index (Phi) is 4.04. The fourth-order valence-corrected chi connectivity index (χ4v) is 2.21. The van der Waals surface area contributed by atoms with E-state index < -0.39 is 24.7 Å². The summed E-state index contributed by atoms with van der Waals surface area (Å²) in [6.07, 6.45) is 1.40. The Morgan fingerprint density at radius 1 is 1.25 bits per heavy atom. The van der Waals surface area contributed by atoms with Gasteiger partial charge in [-0.3, -0.25) is 14.5 Å². The van der Waals surface area contributed by atoms with Gasteiger partial charge in [0.2, 0.25) is 11.8 Å². The number of rotatable bonds is 5. The molecule has 0 aromatic rings. The lowest BCUT2D eigenvalue weighted by Crippen LogP contribution is -2.46. The highest BCUT2D eigenvalue weighted by molar-refractivity contribution is 6.06. The summed E-state index contributed by atoms with van der Waals surface area (Å²) in [5, 5.41) is 18.1. The summed E-state index contributed by atoms with van der Waals surface area (Å²) in [5.74, 6) is -0.544. The van der Waals surface area contributed by atoms with Crippen LogP contribution in [-0.4, -0.2) is 46.2 Å². The first kappa shape index (κ1) is 13.1. The normalized spacial score (nSPS) is 19.9. The average molecular weight is 229 g/mol. The maximum absolute atomic E-state index is 12.1. The third kappa shape index (κ3) is 1.85. The minimum Gasteiger partial charge on any atom is -0.394 e. The maximum Gasteiger partial charge on any atom is 0.236 e. The highest BCUT2D eigenvalue weighted by Gasteiger charge is 2.50. The van der Waals surface area contributed by atoms with Crippen molar-refractivity contribution in [3.63, 3.8) is 0 Å². The lowest BCUT2D eigenvalue weighted by Gasteiger charge is -2.27. The number of amides is 2. The molecule has 0 aromatic carbocycles. The summed E-state index contributed by atoms with van der Waals surface area (Å²) in [5.41, 5.74) is -0.625. The van der Waals surface area contributed by atoms with Crippen LogP contribution in [0.5, 0.6) is 0 Å². The van der Waals surface area contributed by atoms with E-state index in [0.717, 1.165) is 4.90 Å². The van der Waals surface area contributed by atoms with Crippen LogP contribution in [0.1, 0.15) is 33.1 Å². The zero-order valence-electron chi connectivity index (χ0n) is 9.77. The van der Waals surface area contributed by atoms with Gasteiger partial charge >= 0.3 is 0 Å². The van der Waals surface area contributed by atoms with Crippen LogP contribution in [0, 0.1) is 5.41 Å². The molecule has 0 bridgehead atoms. The van der Waals surface area contributed by atoms with E-state index in [1.807, 2.05) is 13.8 Å². The van der Waals surface area contributed by atoms with Crippen LogP contribution in [0.4, 0.5) is 0 Å². The minimum atomic E-state index is -0.792. The zero-order chi connectivity index (χ0) is 12.3. The second-order valence-electron chi connectivity index (χ2n) is 4.25. The van der Waals surface area contributed by atoms with Gasteiger partial charge in [0.1, 0.15) is 0 Å². The van der Waals surface area contributed by atoms with E-state index in [2.05, 4.69) is 0 Å². The minimum absolute atomic E-state index is 0.190. The molecular formula is C11H19NO4. The Hall–Kier alpha value is -0.940. The molecule has 1 rings (SSSR count). The van der Waals surface area contributed by atoms with Gasteiger partial charge in [0, 0.05) is 6.42 Å². The second-order valence-corrected chi connectivity index (χ2v) is 4.25. The fourth-order valence-electron chi connectivity index (χ4n) is 2.21. The summed E-state index contributed by atoms with van der Waals surface area (Å²) in [7, 11) is 0. The summed E-state index contributed by atoms with van der Waals surface area (Å²) >= 11 is 0. The summed E-state index contributed by atoms with van der Waals surface area (Å²) < 4.78 is 0. The third-order valence-corrected chi connectivity index (χ3v) is 3.57. The number of carbonyl (C=O) groups excluding carboxylic acids is 2. The van der Waals surface area contributed by atoms with Gasteiger partial charge in [0.15, 0.2) is 0 Å². The molecule has 0 aliphatic carbocycles. The van der Waals surface area contributed by atoms with Gasteiger partial charge in [-0.05, 0) is 12.8 Å². The van der Waals surface area contributed by atoms with Gasteiger partial charge in [-0.2, -0.15) is 0 Å². The molecule has 0 atom stereocenters. The molecule has 5 heteroatoms. The molecular weight excluding hydrogens is 210 g/mol. The van der Waals surface area contributed by atoms with Crippen molar-refractivity contribution >= 4 is 11.8 Å². The Morgan fingerprint density at radius 2 is 1.75 bits per heavy atom. The van der Waals surface area contributed by atoms with E-state index in [-0.39, 0.29) is 18.2 Å². The standard InChI is InChI=1S/C11H19NO4/c1-3-11(4-2)5-9(15)12(10(11)16)8(6-13)7-14/h8,13-14H,3-7H2,1-2H3. The molecule has 5 nitrogen and oxygen atoms in total. The third-order valence-electron chi connectivity index (χ3n) is 3.57. The lowest BCUT2D eigenvalue weighted by atomic mass is 9.81. The Bertz CT molecular complexity index is 282. The van der Waals surface area contributed by atoms with Gasteiger partial charge in [-0.15, -0.1) is 0 Å². The SMILES string of the molecule is CCC1(CC)CC(=O)N(C(CO)CO)C1=O. The van der Waals surface area contributed by atoms with E-state index in [0.29, 0.717) is 12.8 Å². The number of carbonyl (C=O) groups is 2. The number of nitrogens with zero attached hydrogens (tertiary/aromatic N) is 1. The molecule has 92 valence electrons. The molecule has 1 aliphatic rings. The van der Waals surface area contributed by atoms with Gasteiger partial charge < -0.3 is 10.2 Å². The molecule has 1 saturated heterocycles. The number of aliphatic hydroxyl groups is 2.